The number of carbonyl (C=O) groups is 3. The molecule has 0 radical (unpaired) electrons. The van der Waals surface area contributed by atoms with Crippen LogP contribution >= 0.6 is 0 Å². The number of ether oxygens (including phenoxy) is 1. The molecule has 4 aliphatic carbocycles. The number of nitrogens with zero attached hydrogens (tertiary/aromatic N) is 3. The van der Waals surface area contributed by atoms with Crippen LogP contribution in [0.25, 0.3) is 0 Å². The first-order valence-electron chi connectivity index (χ1n) is 13.1. The molecule has 2 aliphatic heterocycles. The van der Waals surface area contributed by atoms with Crippen molar-refractivity contribution in [1.82, 2.24) is 9.80 Å². The normalized spacial score (nSPS) is 35.9. The highest BCUT2D eigenvalue weighted by Crippen LogP contribution is 2.57. The molecule has 1 unspecified atom stereocenters. The number of esters is 1. The Hall–Kier alpha value is -2.25. The van der Waals surface area contributed by atoms with Crippen LogP contribution in [0.2, 0.25) is 0 Å². The third-order valence-electron chi connectivity index (χ3n) is 9.19. The number of amides is 2. The summed E-state index contributed by atoms with van der Waals surface area (Å²) < 4.78 is 5.02. The van der Waals surface area contributed by atoms with Gasteiger partial charge in [-0.25, -0.2) is 9.69 Å². The molecule has 1 atom stereocenters. The van der Waals surface area contributed by atoms with Crippen molar-refractivity contribution in [2.75, 3.05) is 37.7 Å². The summed E-state index contributed by atoms with van der Waals surface area (Å²) in [5.41, 5.74) is 1.35. The van der Waals surface area contributed by atoms with Crippen LogP contribution in [0, 0.1) is 17.8 Å². The van der Waals surface area contributed by atoms with Gasteiger partial charge in [-0.05, 0) is 87.5 Å². The first kappa shape index (κ1) is 22.2. The average molecular weight is 466 g/mol. The second-order valence-electron chi connectivity index (χ2n) is 11.2. The van der Waals surface area contributed by atoms with Crippen molar-refractivity contribution in [1.29, 1.82) is 0 Å². The fraction of sp³-hybridized carbons (Fsp3) is 0.667. The van der Waals surface area contributed by atoms with Crippen molar-refractivity contribution in [2.45, 2.75) is 63.5 Å². The molecule has 7 heteroatoms. The van der Waals surface area contributed by atoms with E-state index in [4.69, 9.17) is 4.74 Å². The van der Waals surface area contributed by atoms with Gasteiger partial charge in [-0.1, -0.05) is 0 Å². The third-order valence-corrected chi connectivity index (χ3v) is 9.19. The lowest BCUT2D eigenvalue weighted by molar-refractivity contribution is -0.125. The van der Waals surface area contributed by atoms with Crippen molar-refractivity contribution in [2.24, 2.45) is 17.8 Å². The van der Waals surface area contributed by atoms with Gasteiger partial charge in [0, 0.05) is 31.7 Å². The maximum absolute atomic E-state index is 13.3. The minimum Gasteiger partial charge on any atom is -0.462 e. The Morgan fingerprint density at radius 3 is 2.09 bits per heavy atom. The van der Waals surface area contributed by atoms with Crippen LogP contribution in [0.3, 0.4) is 0 Å². The number of benzene rings is 1. The van der Waals surface area contributed by atoms with Crippen LogP contribution in [-0.2, 0) is 14.3 Å². The number of hydrogen-bond donors (Lipinski definition) is 0. The Morgan fingerprint density at radius 2 is 1.53 bits per heavy atom. The SMILES string of the molecule is CCOC(=O)c1ccc(N2C(=O)CC(N3CCN(C45CC6CC(CC(C6)C4)C5)CC3)C2=O)cc1. The summed E-state index contributed by atoms with van der Waals surface area (Å²) in [6.07, 6.45) is 8.70. The maximum Gasteiger partial charge on any atom is 0.338 e. The summed E-state index contributed by atoms with van der Waals surface area (Å²) in [7, 11) is 0. The molecule has 6 fully saturated rings. The van der Waals surface area contributed by atoms with Crippen molar-refractivity contribution in [3.63, 3.8) is 0 Å². The molecule has 4 bridgehead atoms. The van der Waals surface area contributed by atoms with E-state index in [-0.39, 0.29) is 24.3 Å². The lowest BCUT2D eigenvalue weighted by Crippen LogP contribution is -2.64. The Kier molecular flexibility index (Phi) is 5.52. The van der Waals surface area contributed by atoms with Crippen LogP contribution in [-0.4, -0.2) is 72.0 Å². The zero-order valence-corrected chi connectivity index (χ0v) is 20.1. The van der Waals surface area contributed by atoms with Crippen molar-refractivity contribution in [3.8, 4) is 0 Å². The molecule has 182 valence electrons. The van der Waals surface area contributed by atoms with Crippen molar-refractivity contribution < 1.29 is 19.1 Å². The first-order valence-corrected chi connectivity index (χ1v) is 13.1. The van der Waals surface area contributed by atoms with Crippen LogP contribution in [0.1, 0.15) is 62.2 Å². The molecular formula is C27H35N3O4. The van der Waals surface area contributed by atoms with Gasteiger partial charge in [-0.15, -0.1) is 0 Å². The van der Waals surface area contributed by atoms with Gasteiger partial charge in [-0.3, -0.25) is 19.4 Å². The van der Waals surface area contributed by atoms with E-state index in [1.165, 1.54) is 43.4 Å². The molecule has 0 aromatic heterocycles. The standard InChI is InChI=1S/C27H35N3O4/c1-2-34-26(33)21-3-5-22(6-4-21)30-24(31)14-23(25(30)32)28-7-9-29(10-8-28)27-15-18-11-19(16-27)13-20(12-18)17-27/h3-6,18-20,23H,2,7-17H2,1H3. The monoisotopic (exact) mass is 465 g/mol. The molecule has 7 nitrogen and oxygen atoms in total. The Morgan fingerprint density at radius 1 is 0.941 bits per heavy atom. The van der Waals surface area contributed by atoms with Gasteiger partial charge < -0.3 is 4.74 Å². The average Bonchev–Trinajstić information content (AvgIpc) is 3.12. The van der Waals surface area contributed by atoms with Gasteiger partial charge in [0.25, 0.3) is 5.91 Å². The summed E-state index contributed by atoms with van der Waals surface area (Å²) in [6, 6.07) is 6.18. The van der Waals surface area contributed by atoms with Gasteiger partial charge in [0.2, 0.25) is 5.91 Å². The van der Waals surface area contributed by atoms with Gasteiger partial charge in [0.1, 0.15) is 0 Å². The van der Waals surface area contributed by atoms with Crippen molar-refractivity contribution in [3.05, 3.63) is 29.8 Å². The number of anilines is 1. The Labute approximate surface area is 201 Å². The topological polar surface area (TPSA) is 70.2 Å². The van der Waals surface area contributed by atoms with E-state index in [0.29, 0.717) is 23.4 Å². The van der Waals surface area contributed by atoms with Crippen molar-refractivity contribution >= 4 is 23.5 Å². The number of hydrogen-bond acceptors (Lipinski definition) is 6. The van der Waals surface area contributed by atoms with E-state index >= 15 is 0 Å². The second kappa shape index (κ2) is 8.45. The summed E-state index contributed by atoms with van der Waals surface area (Å²) in [5, 5.41) is 0. The molecule has 0 N–H and O–H groups in total. The van der Waals surface area contributed by atoms with E-state index in [1.54, 1.807) is 31.2 Å². The number of rotatable bonds is 5. The van der Waals surface area contributed by atoms with Gasteiger partial charge in [0.15, 0.2) is 0 Å². The minimum absolute atomic E-state index is 0.142. The molecule has 34 heavy (non-hydrogen) atoms. The molecule has 0 spiro atoms. The Bertz CT molecular complexity index is 947. The molecule has 1 aromatic rings. The number of piperazine rings is 1. The van der Waals surface area contributed by atoms with Crippen LogP contribution in [0.4, 0.5) is 5.69 Å². The lowest BCUT2D eigenvalue weighted by Gasteiger charge is -2.61. The van der Waals surface area contributed by atoms with E-state index in [0.717, 1.165) is 43.9 Å². The quantitative estimate of drug-likeness (QED) is 0.492. The fourth-order valence-corrected chi connectivity index (χ4v) is 8.09. The molecule has 1 aromatic carbocycles. The first-order chi connectivity index (χ1) is 16.5. The molecule has 2 heterocycles. The predicted molar refractivity (Wildman–Crippen MR) is 127 cm³/mol. The molecular weight excluding hydrogens is 430 g/mol. The summed E-state index contributed by atoms with van der Waals surface area (Å²) >= 11 is 0. The predicted octanol–water partition coefficient (Wildman–Crippen LogP) is 3.08. The molecule has 2 amide bonds. The minimum atomic E-state index is -0.400. The summed E-state index contributed by atoms with van der Waals surface area (Å²) in [6.45, 7) is 5.76. The highest BCUT2D eigenvalue weighted by Gasteiger charge is 2.54. The highest BCUT2D eigenvalue weighted by molar-refractivity contribution is 6.22. The van der Waals surface area contributed by atoms with Crippen LogP contribution < -0.4 is 4.90 Å². The van der Waals surface area contributed by atoms with E-state index in [9.17, 15) is 14.4 Å². The van der Waals surface area contributed by atoms with Gasteiger partial charge in [-0.2, -0.15) is 0 Å². The zero-order valence-electron chi connectivity index (χ0n) is 20.1. The van der Waals surface area contributed by atoms with Crippen LogP contribution in [0.5, 0.6) is 0 Å². The molecule has 6 aliphatic rings. The molecule has 7 rings (SSSR count). The third kappa shape index (κ3) is 3.68. The lowest BCUT2D eigenvalue weighted by atomic mass is 9.52. The molecule has 4 saturated carbocycles. The maximum atomic E-state index is 13.3. The Balaban J connectivity index is 1.10. The number of carbonyl (C=O) groups excluding carboxylic acids is 3. The van der Waals surface area contributed by atoms with Gasteiger partial charge >= 0.3 is 5.97 Å². The van der Waals surface area contributed by atoms with E-state index < -0.39 is 5.97 Å². The smallest absolute Gasteiger partial charge is 0.338 e. The highest BCUT2D eigenvalue weighted by atomic mass is 16.5. The fourth-order valence-electron chi connectivity index (χ4n) is 8.09. The van der Waals surface area contributed by atoms with E-state index in [2.05, 4.69) is 9.80 Å². The molecule has 2 saturated heterocycles. The summed E-state index contributed by atoms with van der Waals surface area (Å²) in [5.74, 6) is 2.09. The summed E-state index contributed by atoms with van der Waals surface area (Å²) in [4.78, 5) is 44.3. The zero-order chi connectivity index (χ0) is 23.4. The van der Waals surface area contributed by atoms with E-state index in [1.807, 2.05) is 0 Å². The number of imide groups is 1. The largest absolute Gasteiger partial charge is 0.462 e. The van der Waals surface area contributed by atoms with Gasteiger partial charge in [0.05, 0.1) is 30.3 Å². The second-order valence-corrected chi connectivity index (χ2v) is 11.2. The van der Waals surface area contributed by atoms with Crippen LogP contribution in [0.15, 0.2) is 24.3 Å².